The molecule has 1 aliphatic rings. The van der Waals surface area contributed by atoms with Crippen LogP contribution in [0.1, 0.15) is 48.8 Å². The number of rotatable bonds is 2. The number of aryl methyl sites for hydroxylation is 5. The minimum Gasteiger partial charge on any atom is -0.288 e. The number of hydrogen-bond donors (Lipinski definition) is 0. The topological polar surface area (TPSA) is 17.1 Å². The van der Waals surface area contributed by atoms with Crippen molar-refractivity contribution in [2.24, 2.45) is 0 Å². The zero-order valence-electron chi connectivity index (χ0n) is 11.7. The van der Waals surface area contributed by atoms with Crippen molar-refractivity contribution in [2.75, 3.05) is 0 Å². The highest BCUT2D eigenvalue weighted by Crippen LogP contribution is 2.32. The Morgan fingerprint density at radius 2 is 1.74 bits per heavy atom. The Hall–Kier alpha value is -1.41. The molecule has 2 heteroatoms. The van der Waals surface area contributed by atoms with Crippen LogP contribution in [0.15, 0.2) is 18.2 Å². The number of fused-ring (bicyclic) bond motifs is 1. The van der Waals surface area contributed by atoms with E-state index in [1.165, 1.54) is 22.4 Å². The zero-order valence-corrected chi connectivity index (χ0v) is 12.5. The molecule has 1 aliphatic carbocycles. The molecule has 1 aromatic carbocycles. The summed E-state index contributed by atoms with van der Waals surface area (Å²) < 4.78 is 0. The van der Waals surface area contributed by atoms with E-state index in [1.807, 2.05) is 13.8 Å². The van der Waals surface area contributed by atoms with Crippen LogP contribution >= 0.6 is 11.3 Å². The minimum atomic E-state index is 0.203. The second-order valence-corrected chi connectivity index (χ2v) is 6.65. The smallest absolute Gasteiger partial charge is 0.203 e. The molecule has 2 aromatic rings. The molecule has 98 valence electrons. The third-order valence-corrected chi connectivity index (χ3v) is 5.11. The summed E-state index contributed by atoms with van der Waals surface area (Å²) in [5.41, 5.74) is 5.70. The van der Waals surface area contributed by atoms with Gasteiger partial charge < -0.3 is 0 Å². The molecule has 1 heterocycles. The van der Waals surface area contributed by atoms with Gasteiger partial charge in [-0.15, -0.1) is 11.3 Å². The Balaban J connectivity index is 2.04. The van der Waals surface area contributed by atoms with Crippen LogP contribution in [0.3, 0.4) is 0 Å². The van der Waals surface area contributed by atoms with E-state index in [-0.39, 0.29) is 5.78 Å². The highest BCUT2D eigenvalue weighted by molar-refractivity contribution is 7.14. The summed E-state index contributed by atoms with van der Waals surface area (Å²) in [6.07, 6.45) is 3.54. The van der Waals surface area contributed by atoms with Crippen LogP contribution in [-0.2, 0) is 12.8 Å². The monoisotopic (exact) mass is 270 g/mol. The lowest BCUT2D eigenvalue weighted by atomic mass is 9.96. The van der Waals surface area contributed by atoms with Gasteiger partial charge in [-0.1, -0.05) is 17.7 Å². The fourth-order valence-corrected chi connectivity index (χ4v) is 4.30. The average Bonchev–Trinajstić information content (AvgIpc) is 2.86. The van der Waals surface area contributed by atoms with Crippen molar-refractivity contribution < 1.29 is 4.79 Å². The van der Waals surface area contributed by atoms with E-state index < -0.39 is 0 Å². The van der Waals surface area contributed by atoms with Gasteiger partial charge >= 0.3 is 0 Å². The Morgan fingerprint density at radius 1 is 1.05 bits per heavy atom. The van der Waals surface area contributed by atoms with E-state index in [4.69, 9.17) is 0 Å². The second kappa shape index (κ2) is 4.61. The van der Waals surface area contributed by atoms with Crippen molar-refractivity contribution >= 4 is 17.1 Å². The molecule has 0 amide bonds. The van der Waals surface area contributed by atoms with E-state index in [2.05, 4.69) is 25.1 Å². The summed E-state index contributed by atoms with van der Waals surface area (Å²) in [7, 11) is 0. The standard InChI is InChI=1S/C17H18OS/c1-10-7-11(2)16(12(3)8-10)17(18)15-9-13-5-4-6-14(13)19-15/h7-9H,4-6H2,1-3H3. The quantitative estimate of drug-likeness (QED) is 0.740. The number of thiophene rings is 1. The Kier molecular flexibility index (Phi) is 3.06. The van der Waals surface area contributed by atoms with Gasteiger partial charge in [-0.3, -0.25) is 4.79 Å². The molecule has 0 N–H and O–H groups in total. The predicted molar refractivity (Wildman–Crippen MR) is 80.4 cm³/mol. The van der Waals surface area contributed by atoms with Crippen LogP contribution in [0, 0.1) is 20.8 Å². The molecule has 1 aromatic heterocycles. The number of hydrogen-bond acceptors (Lipinski definition) is 2. The van der Waals surface area contributed by atoms with Gasteiger partial charge in [0, 0.05) is 10.4 Å². The SMILES string of the molecule is Cc1cc(C)c(C(=O)c2cc3c(s2)CCC3)c(C)c1. The van der Waals surface area contributed by atoms with Crippen molar-refractivity contribution in [2.45, 2.75) is 40.0 Å². The van der Waals surface area contributed by atoms with E-state index in [0.717, 1.165) is 34.4 Å². The van der Waals surface area contributed by atoms with Crippen LogP contribution in [-0.4, -0.2) is 5.78 Å². The average molecular weight is 270 g/mol. The first-order valence-electron chi connectivity index (χ1n) is 6.80. The maximum atomic E-state index is 12.7. The normalized spacial score (nSPS) is 13.6. The van der Waals surface area contributed by atoms with Crippen molar-refractivity contribution in [1.29, 1.82) is 0 Å². The second-order valence-electron chi connectivity index (χ2n) is 5.52. The van der Waals surface area contributed by atoms with Crippen molar-refractivity contribution in [3.63, 3.8) is 0 Å². The first kappa shape index (κ1) is 12.6. The van der Waals surface area contributed by atoms with Crippen molar-refractivity contribution in [3.05, 3.63) is 55.8 Å². The highest BCUT2D eigenvalue weighted by Gasteiger charge is 2.21. The third-order valence-electron chi connectivity index (χ3n) is 3.87. The van der Waals surface area contributed by atoms with Crippen LogP contribution in [0.25, 0.3) is 0 Å². The Labute approximate surface area is 118 Å². The van der Waals surface area contributed by atoms with Gasteiger partial charge in [-0.25, -0.2) is 0 Å². The summed E-state index contributed by atoms with van der Waals surface area (Å²) in [6, 6.07) is 6.32. The summed E-state index contributed by atoms with van der Waals surface area (Å²) in [5, 5.41) is 0. The van der Waals surface area contributed by atoms with E-state index in [1.54, 1.807) is 11.3 Å². The van der Waals surface area contributed by atoms with Crippen LogP contribution in [0.2, 0.25) is 0 Å². The summed E-state index contributed by atoms with van der Waals surface area (Å²) in [6.45, 7) is 6.15. The molecule has 0 radical (unpaired) electrons. The molecule has 0 unspecified atom stereocenters. The molecular formula is C17H18OS. The molecule has 1 nitrogen and oxygen atoms in total. The van der Waals surface area contributed by atoms with E-state index >= 15 is 0 Å². The number of carbonyl (C=O) groups is 1. The van der Waals surface area contributed by atoms with Crippen LogP contribution in [0.4, 0.5) is 0 Å². The number of benzene rings is 1. The van der Waals surface area contributed by atoms with Crippen LogP contribution < -0.4 is 0 Å². The molecule has 3 rings (SSSR count). The first-order valence-corrected chi connectivity index (χ1v) is 7.62. The lowest BCUT2D eigenvalue weighted by Gasteiger charge is -2.09. The molecular weight excluding hydrogens is 252 g/mol. The summed E-state index contributed by atoms with van der Waals surface area (Å²) in [4.78, 5) is 15.1. The van der Waals surface area contributed by atoms with Gasteiger partial charge in [0.2, 0.25) is 5.78 Å². The molecule has 19 heavy (non-hydrogen) atoms. The molecule has 0 saturated heterocycles. The lowest BCUT2D eigenvalue weighted by molar-refractivity contribution is 0.104. The number of carbonyl (C=O) groups excluding carboxylic acids is 1. The molecule has 0 bridgehead atoms. The predicted octanol–water partition coefficient (Wildman–Crippen LogP) is 4.39. The van der Waals surface area contributed by atoms with Gasteiger partial charge in [-0.05, 0) is 62.8 Å². The van der Waals surface area contributed by atoms with Gasteiger partial charge in [-0.2, -0.15) is 0 Å². The third kappa shape index (κ3) is 2.14. The fourth-order valence-electron chi connectivity index (χ4n) is 3.10. The highest BCUT2D eigenvalue weighted by atomic mass is 32.1. The Bertz CT molecular complexity index is 619. The largest absolute Gasteiger partial charge is 0.288 e. The number of ketones is 1. The van der Waals surface area contributed by atoms with Crippen molar-refractivity contribution in [1.82, 2.24) is 0 Å². The van der Waals surface area contributed by atoms with Gasteiger partial charge in [0.05, 0.1) is 4.88 Å². The van der Waals surface area contributed by atoms with E-state index in [0.29, 0.717) is 0 Å². The first-order chi connectivity index (χ1) is 9.06. The molecule has 0 atom stereocenters. The summed E-state index contributed by atoms with van der Waals surface area (Å²) in [5.74, 6) is 0.203. The zero-order chi connectivity index (χ0) is 13.6. The minimum absolute atomic E-state index is 0.203. The van der Waals surface area contributed by atoms with Gasteiger partial charge in [0.1, 0.15) is 0 Å². The maximum Gasteiger partial charge on any atom is 0.203 e. The molecule has 0 fully saturated rings. The van der Waals surface area contributed by atoms with Gasteiger partial charge in [0.15, 0.2) is 0 Å². The molecule has 0 spiro atoms. The van der Waals surface area contributed by atoms with E-state index in [9.17, 15) is 4.79 Å². The molecule has 0 aliphatic heterocycles. The van der Waals surface area contributed by atoms with Gasteiger partial charge in [0.25, 0.3) is 0 Å². The van der Waals surface area contributed by atoms with Crippen LogP contribution in [0.5, 0.6) is 0 Å². The van der Waals surface area contributed by atoms with Crippen molar-refractivity contribution in [3.8, 4) is 0 Å². The maximum absolute atomic E-state index is 12.7. The summed E-state index contributed by atoms with van der Waals surface area (Å²) >= 11 is 1.70. The molecule has 0 saturated carbocycles. The fraction of sp³-hybridized carbons (Fsp3) is 0.353. The Morgan fingerprint density at radius 3 is 2.37 bits per heavy atom. The lowest BCUT2D eigenvalue weighted by Crippen LogP contribution is -2.05.